The van der Waals surface area contributed by atoms with Crippen LogP contribution in [0.15, 0.2) is 48.5 Å². The van der Waals surface area contributed by atoms with Crippen molar-refractivity contribution in [3.8, 4) is 0 Å². The van der Waals surface area contributed by atoms with E-state index < -0.39 is 0 Å². The molecule has 2 aromatic carbocycles. The van der Waals surface area contributed by atoms with Crippen LogP contribution in [0.2, 0.25) is 5.02 Å². The van der Waals surface area contributed by atoms with Gasteiger partial charge in [-0.3, -0.25) is 9.59 Å². The van der Waals surface area contributed by atoms with Gasteiger partial charge in [0.15, 0.2) is 0 Å². The number of nitrogens with zero attached hydrogens (tertiary/aromatic N) is 2. The van der Waals surface area contributed by atoms with Crippen molar-refractivity contribution >= 4 is 29.1 Å². The van der Waals surface area contributed by atoms with E-state index in [2.05, 4.69) is 0 Å². The van der Waals surface area contributed by atoms with Crippen LogP contribution >= 0.6 is 11.6 Å². The van der Waals surface area contributed by atoms with E-state index in [0.29, 0.717) is 18.1 Å². The second kappa shape index (κ2) is 8.13. The van der Waals surface area contributed by atoms with Crippen LogP contribution in [0.25, 0.3) is 0 Å². The highest BCUT2D eigenvalue weighted by Crippen LogP contribution is 2.31. The Hall–Kier alpha value is -2.33. The molecule has 0 bridgehead atoms. The maximum Gasteiger partial charge on any atom is 0.228 e. The first kappa shape index (κ1) is 19.4. The average Bonchev–Trinajstić information content (AvgIpc) is 3.01. The lowest BCUT2D eigenvalue weighted by atomic mass is 10.0. The van der Waals surface area contributed by atoms with Gasteiger partial charge in [0.2, 0.25) is 11.8 Å². The fraction of sp³-hybridized carbons (Fsp3) is 0.364. The first-order valence-corrected chi connectivity index (χ1v) is 9.65. The number of carbonyl (C=O) groups is 2. The number of benzene rings is 2. The Bertz CT molecular complexity index is 835. The Balaban J connectivity index is 1.77. The molecule has 1 atom stereocenters. The van der Waals surface area contributed by atoms with Crippen LogP contribution in [-0.4, -0.2) is 29.3 Å². The molecule has 27 heavy (non-hydrogen) atoms. The van der Waals surface area contributed by atoms with E-state index in [-0.39, 0.29) is 30.2 Å². The molecule has 4 nitrogen and oxygen atoms in total. The smallest absolute Gasteiger partial charge is 0.228 e. The second-order valence-corrected chi connectivity index (χ2v) is 7.82. The topological polar surface area (TPSA) is 40.6 Å². The summed E-state index contributed by atoms with van der Waals surface area (Å²) >= 11 is 6.03. The van der Waals surface area contributed by atoms with E-state index in [4.69, 9.17) is 11.6 Å². The minimum Gasteiger partial charge on any atom is -0.336 e. The van der Waals surface area contributed by atoms with Gasteiger partial charge in [-0.25, -0.2) is 0 Å². The molecule has 3 rings (SSSR count). The summed E-state index contributed by atoms with van der Waals surface area (Å²) in [6, 6.07) is 15.5. The summed E-state index contributed by atoms with van der Waals surface area (Å²) in [5.41, 5.74) is 2.86. The van der Waals surface area contributed by atoms with Crippen LogP contribution in [0.3, 0.4) is 0 Å². The number of halogens is 1. The van der Waals surface area contributed by atoms with E-state index in [9.17, 15) is 9.59 Å². The summed E-state index contributed by atoms with van der Waals surface area (Å²) in [5.74, 6) is -0.294. The van der Waals surface area contributed by atoms with Crippen molar-refractivity contribution in [2.24, 2.45) is 5.92 Å². The summed E-state index contributed by atoms with van der Waals surface area (Å²) in [4.78, 5) is 29.4. The number of hydrogen-bond acceptors (Lipinski definition) is 2. The SMILES string of the molecule is Cc1cc(Cl)ccc1N1CC(C(=O)N(Cc2ccccc2)C(C)C)CC1=O. The molecular formula is C22H25ClN2O2. The molecule has 2 amide bonds. The van der Waals surface area contributed by atoms with Crippen LogP contribution in [-0.2, 0) is 16.1 Å². The molecule has 0 saturated carbocycles. The van der Waals surface area contributed by atoms with E-state index in [1.807, 2.05) is 68.1 Å². The molecule has 1 aliphatic rings. The number of amides is 2. The monoisotopic (exact) mass is 384 g/mol. The van der Waals surface area contributed by atoms with Crippen LogP contribution in [0.4, 0.5) is 5.69 Å². The summed E-state index contributed by atoms with van der Waals surface area (Å²) < 4.78 is 0. The van der Waals surface area contributed by atoms with Crippen LogP contribution in [0.1, 0.15) is 31.4 Å². The van der Waals surface area contributed by atoms with E-state index in [0.717, 1.165) is 16.8 Å². The third kappa shape index (κ3) is 4.33. The molecule has 0 aliphatic carbocycles. The third-order valence-electron chi connectivity index (χ3n) is 5.03. The van der Waals surface area contributed by atoms with E-state index in [1.165, 1.54) is 0 Å². The van der Waals surface area contributed by atoms with Gasteiger partial charge in [-0.05, 0) is 50.1 Å². The highest BCUT2D eigenvalue weighted by molar-refractivity contribution is 6.30. The zero-order valence-corrected chi connectivity index (χ0v) is 16.7. The van der Waals surface area contributed by atoms with Crippen molar-refractivity contribution < 1.29 is 9.59 Å². The predicted molar refractivity (Wildman–Crippen MR) is 109 cm³/mol. The molecule has 1 unspecified atom stereocenters. The zero-order valence-electron chi connectivity index (χ0n) is 16.0. The lowest BCUT2D eigenvalue weighted by Gasteiger charge is -2.29. The van der Waals surface area contributed by atoms with Gasteiger partial charge in [0.05, 0.1) is 5.92 Å². The second-order valence-electron chi connectivity index (χ2n) is 7.38. The molecule has 0 spiro atoms. The van der Waals surface area contributed by atoms with Crippen molar-refractivity contribution in [2.45, 2.75) is 39.8 Å². The standard InChI is InChI=1S/C22H25ClN2O2/c1-15(2)24(13-17-7-5-4-6-8-17)22(27)18-12-21(26)25(14-18)20-10-9-19(23)11-16(20)3/h4-11,15,18H,12-14H2,1-3H3. The largest absolute Gasteiger partial charge is 0.336 e. The Morgan fingerprint density at radius 1 is 1.22 bits per heavy atom. The lowest BCUT2D eigenvalue weighted by molar-refractivity contribution is -0.138. The van der Waals surface area contributed by atoms with Gasteiger partial charge in [-0.15, -0.1) is 0 Å². The number of rotatable bonds is 5. The first-order chi connectivity index (χ1) is 12.9. The Labute approximate surface area is 165 Å². The molecular weight excluding hydrogens is 360 g/mol. The maximum absolute atomic E-state index is 13.2. The molecule has 142 valence electrons. The van der Waals surface area contributed by atoms with Crippen molar-refractivity contribution in [2.75, 3.05) is 11.4 Å². The molecule has 0 N–H and O–H groups in total. The number of hydrogen-bond donors (Lipinski definition) is 0. The molecule has 2 aromatic rings. The third-order valence-corrected chi connectivity index (χ3v) is 5.26. The average molecular weight is 385 g/mol. The van der Waals surface area contributed by atoms with Gasteiger partial charge in [-0.2, -0.15) is 0 Å². The summed E-state index contributed by atoms with van der Waals surface area (Å²) in [6.07, 6.45) is 0.249. The van der Waals surface area contributed by atoms with Gasteiger partial charge in [-0.1, -0.05) is 41.9 Å². The van der Waals surface area contributed by atoms with Gasteiger partial charge in [0.1, 0.15) is 0 Å². The Morgan fingerprint density at radius 2 is 1.93 bits per heavy atom. The molecule has 1 aliphatic heterocycles. The van der Waals surface area contributed by atoms with E-state index >= 15 is 0 Å². The highest BCUT2D eigenvalue weighted by atomic mass is 35.5. The van der Waals surface area contributed by atoms with Crippen LogP contribution < -0.4 is 4.90 Å². The van der Waals surface area contributed by atoms with Gasteiger partial charge < -0.3 is 9.80 Å². The minimum atomic E-state index is -0.321. The highest BCUT2D eigenvalue weighted by Gasteiger charge is 2.38. The van der Waals surface area contributed by atoms with Crippen molar-refractivity contribution in [3.05, 3.63) is 64.7 Å². The predicted octanol–water partition coefficient (Wildman–Crippen LogP) is 4.44. The quantitative estimate of drug-likeness (QED) is 0.764. The van der Waals surface area contributed by atoms with Crippen molar-refractivity contribution in [1.29, 1.82) is 0 Å². The number of aryl methyl sites for hydroxylation is 1. The lowest BCUT2D eigenvalue weighted by Crippen LogP contribution is -2.41. The maximum atomic E-state index is 13.2. The summed E-state index contributed by atoms with van der Waals surface area (Å²) in [7, 11) is 0. The molecule has 0 aromatic heterocycles. The first-order valence-electron chi connectivity index (χ1n) is 9.27. The van der Waals surface area contributed by atoms with Gasteiger partial charge in [0.25, 0.3) is 0 Å². The minimum absolute atomic E-state index is 0.0119. The molecule has 0 radical (unpaired) electrons. The van der Waals surface area contributed by atoms with Gasteiger partial charge >= 0.3 is 0 Å². The molecule has 1 heterocycles. The fourth-order valence-corrected chi connectivity index (χ4v) is 3.78. The zero-order chi connectivity index (χ0) is 19.6. The van der Waals surface area contributed by atoms with Crippen LogP contribution in [0.5, 0.6) is 0 Å². The number of anilines is 1. The Kier molecular flexibility index (Phi) is 5.85. The van der Waals surface area contributed by atoms with Gasteiger partial charge in [0, 0.05) is 36.3 Å². The molecule has 5 heteroatoms. The van der Waals surface area contributed by atoms with Crippen molar-refractivity contribution in [1.82, 2.24) is 4.90 Å². The molecule has 1 fully saturated rings. The van der Waals surface area contributed by atoms with Crippen LogP contribution in [0, 0.1) is 12.8 Å². The van der Waals surface area contributed by atoms with Crippen molar-refractivity contribution in [3.63, 3.8) is 0 Å². The summed E-state index contributed by atoms with van der Waals surface area (Å²) in [6.45, 7) is 6.93. The fourth-order valence-electron chi connectivity index (χ4n) is 3.56. The van der Waals surface area contributed by atoms with E-state index in [1.54, 1.807) is 11.0 Å². The Morgan fingerprint density at radius 3 is 2.56 bits per heavy atom. The normalized spacial score (nSPS) is 16.9. The summed E-state index contributed by atoms with van der Waals surface area (Å²) in [5, 5.41) is 0.643. The number of carbonyl (C=O) groups excluding carboxylic acids is 2. The molecule has 1 saturated heterocycles.